The Balaban J connectivity index is 1.80. The third-order valence-corrected chi connectivity index (χ3v) is 6.92. The minimum Gasteiger partial charge on any atom is -0.476 e. The summed E-state index contributed by atoms with van der Waals surface area (Å²) in [5, 5.41) is 15.1. The van der Waals surface area contributed by atoms with Gasteiger partial charge in [0.2, 0.25) is 0 Å². The molecule has 1 amide bonds. The molecule has 3 N–H and O–H groups in total. The van der Waals surface area contributed by atoms with Crippen molar-refractivity contribution in [1.82, 2.24) is 10.6 Å². The van der Waals surface area contributed by atoms with E-state index in [4.69, 9.17) is 13.1 Å². The zero-order chi connectivity index (χ0) is 27.3. The lowest BCUT2D eigenvalue weighted by molar-refractivity contribution is -0.133. The number of carbonyl (C=O) groups is 2. The van der Waals surface area contributed by atoms with Crippen molar-refractivity contribution in [3.8, 4) is 0 Å². The Morgan fingerprint density at radius 2 is 1.76 bits per heavy atom. The Bertz CT molecular complexity index is 1280. The lowest BCUT2D eigenvalue weighted by Crippen LogP contribution is -2.61. The van der Waals surface area contributed by atoms with E-state index in [2.05, 4.69) is 15.6 Å². The fourth-order valence-electron chi connectivity index (χ4n) is 4.08. The maximum Gasteiger partial charge on any atom is 0.408 e. The Kier molecular flexibility index (Phi) is 8.81. The second-order valence-corrected chi connectivity index (χ2v) is 12.1. The number of carboxylic acid groups (broad SMARTS) is 1. The van der Waals surface area contributed by atoms with Crippen molar-refractivity contribution >= 4 is 38.1 Å². The molecule has 37 heavy (non-hydrogen) atoms. The fraction of sp³-hybridized carbons (Fsp3) is 0.500. The first-order valence-corrected chi connectivity index (χ1v) is 14.9. The summed E-state index contributed by atoms with van der Waals surface area (Å²) in [6.45, 7) is -0.417. The minimum atomic E-state index is -4.01. The molecule has 1 saturated carbocycles. The first-order chi connectivity index (χ1) is 17.3. The second kappa shape index (κ2) is 11.5. The highest BCUT2D eigenvalue weighted by atomic mass is 32.2. The molecule has 2 aliphatic rings. The average molecular weight is 560 g/mol. The van der Waals surface area contributed by atoms with Crippen LogP contribution < -0.4 is 10.6 Å². The number of hydrogen-bond acceptors (Lipinski definition) is 11. The molecule has 1 fully saturated rings. The number of alkyl carbamates (subject to hydrolysis) is 1. The van der Waals surface area contributed by atoms with Crippen molar-refractivity contribution in [3.63, 3.8) is 0 Å². The lowest BCUT2D eigenvalue weighted by atomic mass is 9.75. The first kappa shape index (κ1) is 28.4. The van der Waals surface area contributed by atoms with E-state index >= 15 is 0 Å². The first-order valence-electron chi connectivity index (χ1n) is 11.3. The number of amides is 1. The molecule has 0 atom stereocenters. The predicted octanol–water partition coefficient (Wildman–Crippen LogP) is 1.09. The van der Waals surface area contributed by atoms with E-state index in [1.807, 2.05) is 6.07 Å². The average Bonchev–Trinajstić information content (AvgIpc) is 2.81. The number of nitrogens with one attached hydrogen (secondary N) is 2. The summed E-state index contributed by atoms with van der Waals surface area (Å²) >= 11 is 0. The monoisotopic (exact) mass is 559 g/mol. The van der Waals surface area contributed by atoms with Gasteiger partial charge in [0.1, 0.15) is 24.5 Å². The van der Waals surface area contributed by atoms with Crippen molar-refractivity contribution in [2.24, 2.45) is 10.9 Å². The van der Waals surface area contributed by atoms with Gasteiger partial charge in [-0.05, 0) is 37.2 Å². The van der Waals surface area contributed by atoms with Crippen LogP contribution in [0.4, 0.5) is 4.79 Å². The lowest BCUT2D eigenvalue weighted by Gasteiger charge is -2.42. The van der Waals surface area contributed by atoms with Gasteiger partial charge in [-0.15, -0.1) is 0 Å². The van der Waals surface area contributed by atoms with Crippen LogP contribution in [0.2, 0.25) is 0 Å². The molecule has 0 bridgehead atoms. The zero-order valence-electron chi connectivity index (χ0n) is 20.3. The van der Waals surface area contributed by atoms with Gasteiger partial charge in [0.25, 0.3) is 10.1 Å². The van der Waals surface area contributed by atoms with Crippen LogP contribution >= 0.6 is 0 Å². The van der Waals surface area contributed by atoms with Gasteiger partial charge in [0.15, 0.2) is 11.5 Å². The molecule has 0 spiro atoms. The van der Waals surface area contributed by atoms with Gasteiger partial charge >= 0.3 is 22.2 Å². The van der Waals surface area contributed by atoms with Crippen LogP contribution in [0.15, 0.2) is 46.8 Å². The van der Waals surface area contributed by atoms with Gasteiger partial charge in [-0.2, -0.15) is 16.8 Å². The molecule has 1 aromatic carbocycles. The van der Waals surface area contributed by atoms with E-state index in [0.717, 1.165) is 18.1 Å². The number of carboxylic acids is 1. The van der Waals surface area contributed by atoms with Crippen molar-refractivity contribution in [1.29, 1.82) is 0 Å². The van der Waals surface area contributed by atoms with Crippen molar-refractivity contribution in [3.05, 3.63) is 47.4 Å². The molecule has 0 saturated heterocycles. The van der Waals surface area contributed by atoms with E-state index < -0.39 is 49.3 Å². The predicted molar refractivity (Wildman–Crippen MR) is 131 cm³/mol. The molecular formula is C22H29N3O10S2. The molecule has 13 nitrogen and oxygen atoms in total. The van der Waals surface area contributed by atoms with Crippen LogP contribution in [-0.2, 0) is 44.7 Å². The summed E-state index contributed by atoms with van der Waals surface area (Å²) in [5.74, 6) is -1.89. The summed E-state index contributed by atoms with van der Waals surface area (Å²) in [5.41, 5.74) is -0.941. The quantitative estimate of drug-likeness (QED) is 0.348. The van der Waals surface area contributed by atoms with Gasteiger partial charge in [-0.3, -0.25) is 9.18 Å². The Morgan fingerprint density at radius 3 is 2.32 bits per heavy atom. The molecule has 1 aliphatic heterocycles. The second-order valence-electron chi connectivity index (χ2n) is 8.88. The minimum absolute atomic E-state index is 0.000108. The summed E-state index contributed by atoms with van der Waals surface area (Å²) in [6, 6.07) is 9.00. The molecular weight excluding hydrogens is 530 g/mol. The van der Waals surface area contributed by atoms with Crippen LogP contribution in [0.5, 0.6) is 0 Å². The smallest absolute Gasteiger partial charge is 0.408 e. The molecule has 204 valence electrons. The van der Waals surface area contributed by atoms with Gasteiger partial charge in [-0.25, -0.2) is 9.59 Å². The van der Waals surface area contributed by atoms with Gasteiger partial charge in [0.05, 0.1) is 19.1 Å². The van der Waals surface area contributed by atoms with Crippen LogP contribution in [0.3, 0.4) is 0 Å². The molecule has 1 aliphatic carbocycles. The number of carbonyl (C=O) groups excluding carboxylic acids is 1. The maximum absolute atomic E-state index is 12.8. The van der Waals surface area contributed by atoms with Crippen molar-refractivity contribution in [2.45, 2.75) is 37.8 Å². The van der Waals surface area contributed by atoms with Crippen molar-refractivity contribution in [2.75, 3.05) is 25.7 Å². The number of aliphatic carboxylic acids is 1. The highest BCUT2D eigenvalue weighted by Crippen LogP contribution is 2.35. The Hall–Kier alpha value is -3.17. The molecule has 0 unspecified atom stereocenters. The topological polar surface area (TPSA) is 187 Å². The molecule has 3 rings (SSSR count). The number of amidine groups is 1. The highest BCUT2D eigenvalue weighted by Gasteiger charge is 2.44. The largest absolute Gasteiger partial charge is 0.476 e. The number of hydrogen-bond donors (Lipinski definition) is 3. The number of ether oxygens (including phenoxy) is 1. The summed E-state index contributed by atoms with van der Waals surface area (Å²) in [7, 11) is -7.63. The van der Waals surface area contributed by atoms with Gasteiger partial charge < -0.3 is 24.7 Å². The Morgan fingerprint density at radius 1 is 1.11 bits per heavy atom. The van der Waals surface area contributed by atoms with Crippen LogP contribution in [0, 0.1) is 5.92 Å². The van der Waals surface area contributed by atoms with Crippen LogP contribution in [0.25, 0.3) is 0 Å². The van der Waals surface area contributed by atoms with E-state index in [1.54, 1.807) is 24.3 Å². The highest BCUT2D eigenvalue weighted by molar-refractivity contribution is 7.86. The summed E-state index contributed by atoms with van der Waals surface area (Å²) < 4.78 is 60.9. The Labute approximate surface area is 215 Å². The van der Waals surface area contributed by atoms with Crippen LogP contribution in [-0.4, -0.2) is 71.0 Å². The number of aliphatic imine (C=N–C) groups is 1. The summed E-state index contributed by atoms with van der Waals surface area (Å²) in [4.78, 5) is 28.9. The van der Waals surface area contributed by atoms with E-state index in [1.165, 1.54) is 0 Å². The normalized spacial score (nSPS) is 22.4. The molecule has 1 heterocycles. The third-order valence-electron chi connectivity index (χ3n) is 5.85. The third kappa shape index (κ3) is 8.43. The zero-order valence-corrected chi connectivity index (χ0v) is 21.9. The SMILES string of the molecule is CS(=O)(=O)OCC1CCC(NC(=O)OCc2ccccc2)(C2=NCC(OS(C)(=O)=O)=C(C(=O)O)N2)CC1. The fourth-order valence-corrected chi connectivity index (χ4v) is 5.03. The standard InChI is InChI=1S/C22H29N3O10S2/c1-36(29,30)34-14-16-8-10-22(11-9-16,25-21(28)33-13-15-6-4-3-5-7-15)20-23-12-17(35-37(2,31)32)18(24-20)19(26)27/h3-7,16H,8-14H2,1-2H3,(H,23,24)(H,25,28)(H,26,27). The maximum atomic E-state index is 12.8. The number of benzene rings is 1. The van der Waals surface area contributed by atoms with Gasteiger partial charge in [0, 0.05) is 0 Å². The summed E-state index contributed by atoms with van der Waals surface area (Å²) in [6.07, 6.45) is 2.34. The molecule has 1 aromatic rings. The van der Waals surface area contributed by atoms with Gasteiger partial charge in [-0.1, -0.05) is 30.3 Å². The molecule has 0 aromatic heterocycles. The van der Waals surface area contributed by atoms with Crippen molar-refractivity contribution < 1.29 is 44.6 Å². The van der Waals surface area contributed by atoms with E-state index in [-0.39, 0.29) is 44.4 Å². The molecule has 0 radical (unpaired) electrons. The molecule has 15 heteroatoms. The van der Waals surface area contributed by atoms with E-state index in [9.17, 15) is 31.5 Å². The number of rotatable bonds is 10. The van der Waals surface area contributed by atoms with E-state index in [0.29, 0.717) is 12.8 Å². The van der Waals surface area contributed by atoms with Crippen LogP contribution in [0.1, 0.15) is 31.2 Å². The number of nitrogens with zero attached hydrogens (tertiary/aromatic N) is 1.